The average molecular weight is 413 g/mol. The van der Waals surface area contributed by atoms with E-state index in [0.717, 1.165) is 11.1 Å². The van der Waals surface area contributed by atoms with Crippen LogP contribution < -0.4 is 4.72 Å². The van der Waals surface area contributed by atoms with Gasteiger partial charge in [0.15, 0.2) is 0 Å². The molecule has 0 aromatic heterocycles. The largest absolute Gasteiger partial charge is 0.379 e. The van der Waals surface area contributed by atoms with E-state index in [2.05, 4.69) is 9.62 Å². The molecule has 146 valence electrons. The fourth-order valence-electron chi connectivity index (χ4n) is 3.12. The molecular formula is C19H22ClFN2O3S. The van der Waals surface area contributed by atoms with Gasteiger partial charge in [0.2, 0.25) is 10.0 Å². The first-order chi connectivity index (χ1) is 12.9. The fraction of sp³-hybridized carbons (Fsp3) is 0.368. The number of benzene rings is 2. The molecule has 0 unspecified atom stereocenters. The van der Waals surface area contributed by atoms with Crippen molar-refractivity contribution >= 4 is 21.6 Å². The molecule has 27 heavy (non-hydrogen) atoms. The lowest BCUT2D eigenvalue weighted by Gasteiger charge is -2.35. The van der Waals surface area contributed by atoms with E-state index in [-0.39, 0.29) is 28.3 Å². The van der Waals surface area contributed by atoms with Gasteiger partial charge in [-0.05, 0) is 42.3 Å². The summed E-state index contributed by atoms with van der Waals surface area (Å²) in [7, 11) is -3.77. The van der Waals surface area contributed by atoms with Crippen molar-refractivity contribution in [2.24, 2.45) is 0 Å². The standard InChI is InChI=1S/C19H22ClFN2O3S/c1-14-2-7-19(17(20)12-14)27(24,25)22-13-18(23-8-10-26-11-9-23)15-3-5-16(21)6-4-15/h2-7,12,18,22H,8-11,13H2,1H3/t18-/m1/s1. The van der Waals surface area contributed by atoms with Crippen LogP contribution in [-0.4, -0.2) is 46.2 Å². The molecule has 2 aromatic rings. The van der Waals surface area contributed by atoms with E-state index in [9.17, 15) is 12.8 Å². The van der Waals surface area contributed by atoms with Gasteiger partial charge >= 0.3 is 0 Å². The molecule has 0 aliphatic carbocycles. The maximum atomic E-state index is 13.3. The van der Waals surface area contributed by atoms with Crippen LogP contribution in [-0.2, 0) is 14.8 Å². The minimum atomic E-state index is -3.77. The predicted molar refractivity (Wildman–Crippen MR) is 103 cm³/mol. The van der Waals surface area contributed by atoms with Crippen LogP contribution in [0.25, 0.3) is 0 Å². The zero-order valence-corrected chi connectivity index (χ0v) is 16.6. The summed E-state index contributed by atoms with van der Waals surface area (Å²) in [5.41, 5.74) is 1.73. The summed E-state index contributed by atoms with van der Waals surface area (Å²) in [5.74, 6) is -0.327. The van der Waals surface area contributed by atoms with Gasteiger partial charge in [-0.3, -0.25) is 4.90 Å². The number of morpholine rings is 1. The lowest BCUT2D eigenvalue weighted by Crippen LogP contribution is -2.43. The second kappa shape index (κ2) is 8.67. The molecule has 1 aliphatic heterocycles. The summed E-state index contributed by atoms with van der Waals surface area (Å²) in [6, 6.07) is 10.7. The molecule has 3 rings (SSSR count). The molecule has 1 atom stereocenters. The molecule has 1 fully saturated rings. The van der Waals surface area contributed by atoms with Gasteiger partial charge in [-0.1, -0.05) is 29.8 Å². The first-order valence-electron chi connectivity index (χ1n) is 8.70. The van der Waals surface area contributed by atoms with Crippen LogP contribution in [0.2, 0.25) is 5.02 Å². The van der Waals surface area contributed by atoms with Crippen LogP contribution in [0.4, 0.5) is 4.39 Å². The van der Waals surface area contributed by atoms with Gasteiger partial charge in [0.05, 0.1) is 18.2 Å². The van der Waals surface area contributed by atoms with Crippen molar-refractivity contribution in [1.82, 2.24) is 9.62 Å². The van der Waals surface area contributed by atoms with Gasteiger partial charge in [-0.2, -0.15) is 0 Å². The Kier molecular flexibility index (Phi) is 6.49. The van der Waals surface area contributed by atoms with E-state index in [1.807, 2.05) is 6.92 Å². The van der Waals surface area contributed by atoms with Crippen LogP contribution in [0.1, 0.15) is 17.2 Å². The first kappa shape index (κ1) is 20.2. The predicted octanol–water partition coefficient (Wildman–Crippen LogP) is 3.14. The van der Waals surface area contributed by atoms with E-state index >= 15 is 0 Å². The molecule has 1 saturated heterocycles. The fourth-order valence-corrected chi connectivity index (χ4v) is 4.76. The molecular weight excluding hydrogens is 391 g/mol. The van der Waals surface area contributed by atoms with Gasteiger partial charge in [-0.25, -0.2) is 17.5 Å². The molecule has 0 bridgehead atoms. The normalized spacial score (nSPS) is 17.0. The molecule has 5 nitrogen and oxygen atoms in total. The third-order valence-corrected chi connectivity index (χ3v) is 6.49. The molecule has 0 radical (unpaired) electrons. The maximum absolute atomic E-state index is 13.3. The minimum Gasteiger partial charge on any atom is -0.379 e. The molecule has 0 amide bonds. The Morgan fingerprint density at radius 2 is 1.85 bits per heavy atom. The monoisotopic (exact) mass is 412 g/mol. The summed E-state index contributed by atoms with van der Waals surface area (Å²) in [4.78, 5) is 2.19. The molecule has 1 heterocycles. The molecule has 1 aliphatic rings. The van der Waals surface area contributed by atoms with Crippen LogP contribution in [0, 0.1) is 12.7 Å². The number of sulfonamides is 1. The lowest BCUT2D eigenvalue weighted by molar-refractivity contribution is 0.0172. The number of ether oxygens (including phenoxy) is 1. The quantitative estimate of drug-likeness (QED) is 0.791. The Bertz CT molecular complexity index is 884. The number of nitrogens with zero attached hydrogens (tertiary/aromatic N) is 1. The van der Waals surface area contributed by atoms with Gasteiger partial charge in [-0.15, -0.1) is 0 Å². The van der Waals surface area contributed by atoms with Crippen molar-refractivity contribution in [3.8, 4) is 0 Å². The Labute approximate surface area is 164 Å². The Hall–Kier alpha value is -1.51. The first-order valence-corrected chi connectivity index (χ1v) is 10.6. The highest BCUT2D eigenvalue weighted by Crippen LogP contribution is 2.25. The summed E-state index contributed by atoms with van der Waals surface area (Å²) in [6.45, 7) is 4.50. The lowest BCUT2D eigenvalue weighted by atomic mass is 10.0. The zero-order valence-electron chi connectivity index (χ0n) is 15.0. The zero-order chi connectivity index (χ0) is 19.4. The van der Waals surface area contributed by atoms with Crippen molar-refractivity contribution in [3.63, 3.8) is 0 Å². The average Bonchev–Trinajstić information content (AvgIpc) is 2.64. The SMILES string of the molecule is Cc1ccc(S(=O)(=O)NC[C@H](c2ccc(F)cc2)N2CCOCC2)c(Cl)c1. The van der Waals surface area contributed by atoms with E-state index in [1.165, 1.54) is 18.2 Å². The molecule has 0 saturated carbocycles. The Morgan fingerprint density at radius 3 is 2.48 bits per heavy atom. The minimum absolute atomic E-state index is 0.0506. The van der Waals surface area contributed by atoms with Crippen LogP contribution in [0.5, 0.6) is 0 Å². The highest BCUT2D eigenvalue weighted by Gasteiger charge is 2.26. The van der Waals surface area contributed by atoms with Gasteiger partial charge in [0, 0.05) is 25.7 Å². The number of rotatable bonds is 6. The van der Waals surface area contributed by atoms with E-state index in [0.29, 0.717) is 26.3 Å². The van der Waals surface area contributed by atoms with Gasteiger partial charge in [0.25, 0.3) is 0 Å². The van der Waals surface area contributed by atoms with Crippen molar-refractivity contribution in [2.45, 2.75) is 17.9 Å². The maximum Gasteiger partial charge on any atom is 0.242 e. The molecule has 0 spiro atoms. The second-order valence-electron chi connectivity index (χ2n) is 6.50. The molecule has 1 N–H and O–H groups in total. The second-order valence-corrected chi connectivity index (χ2v) is 8.64. The van der Waals surface area contributed by atoms with Crippen molar-refractivity contribution in [3.05, 3.63) is 64.4 Å². The smallest absolute Gasteiger partial charge is 0.242 e. The number of nitrogens with one attached hydrogen (secondary N) is 1. The topological polar surface area (TPSA) is 58.6 Å². The summed E-state index contributed by atoms with van der Waals surface area (Å²) in [6.07, 6.45) is 0. The van der Waals surface area contributed by atoms with E-state index in [1.54, 1.807) is 24.3 Å². The third-order valence-electron chi connectivity index (χ3n) is 4.58. The number of hydrogen-bond acceptors (Lipinski definition) is 4. The number of aryl methyl sites for hydroxylation is 1. The number of halogens is 2. The van der Waals surface area contributed by atoms with Crippen LogP contribution in [0.3, 0.4) is 0 Å². The molecule has 2 aromatic carbocycles. The van der Waals surface area contributed by atoms with Crippen molar-refractivity contribution < 1.29 is 17.5 Å². The molecule has 8 heteroatoms. The summed E-state index contributed by atoms with van der Waals surface area (Å²) < 4.78 is 46.8. The number of hydrogen-bond donors (Lipinski definition) is 1. The van der Waals surface area contributed by atoms with Gasteiger partial charge < -0.3 is 4.74 Å². The Balaban J connectivity index is 1.82. The van der Waals surface area contributed by atoms with E-state index < -0.39 is 10.0 Å². The van der Waals surface area contributed by atoms with E-state index in [4.69, 9.17) is 16.3 Å². The van der Waals surface area contributed by atoms with Crippen LogP contribution in [0.15, 0.2) is 47.4 Å². The van der Waals surface area contributed by atoms with Gasteiger partial charge in [0.1, 0.15) is 10.7 Å². The summed E-state index contributed by atoms with van der Waals surface area (Å²) >= 11 is 6.12. The highest BCUT2D eigenvalue weighted by atomic mass is 35.5. The van der Waals surface area contributed by atoms with Crippen molar-refractivity contribution in [2.75, 3.05) is 32.8 Å². The highest BCUT2D eigenvalue weighted by molar-refractivity contribution is 7.89. The van der Waals surface area contributed by atoms with Crippen LogP contribution >= 0.6 is 11.6 Å². The Morgan fingerprint density at radius 1 is 1.19 bits per heavy atom. The third kappa shape index (κ3) is 5.06. The summed E-state index contributed by atoms with van der Waals surface area (Å²) in [5, 5.41) is 0.187. The van der Waals surface area contributed by atoms with Crippen molar-refractivity contribution in [1.29, 1.82) is 0 Å².